The number of rotatable bonds is 3. The van der Waals surface area contributed by atoms with Crippen molar-refractivity contribution in [3.63, 3.8) is 0 Å². The summed E-state index contributed by atoms with van der Waals surface area (Å²) in [7, 11) is 0. The smallest absolute Gasteiger partial charge is 0.345 e. The maximum atomic E-state index is 12.2. The first kappa shape index (κ1) is 12.4. The Hall–Kier alpha value is -2.10. The van der Waals surface area contributed by atoms with Gasteiger partial charge in [0.05, 0.1) is 12.0 Å². The summed E-state index contributed by atoms with van der Waals surface area (Å²) in [6.07, 6.45) is 1.98. The Morgan fingerprint density at radius 2 is 2.11 bits per heavy atom. The number of aryl methyl sites for hydroxylation is 1. The van der Waals surface area contributed by atoms with Crippen molar-refractivity contribution < 1.29 is 13.9 Å². The molecule has 0 aliphatic carbocycles. The van der Waals surface area contributed by atoms with Gasteiger partial charge in [-0.1, -0.05) is 13.0 Å². The van der Waals surface area contributed by atoms with E-state index in [9.17, 15) is 9.59 Å². The van der Waals surface area contributed by atoms with Gasteiger partial charge in [-0.2, -0.15) is 0 Å². The first-order valence-corrected chi connectivity index (χ1v) is 5.89. The summed E-state index contributed by atoms with van der Waals surface area (Å²) in [6.45, 7) is 3.92. The van der Waals surface area contributed by atoms with Crippen molar-refractivity contribution in [1.29, 1.82) is 0 Å². The van der Waals surface area contributed by atoms with Gasteiger partial charge in [-0.05, 0) is 31.0 Å². The van der Waals surface area contributed by atoms with E-state index in [1.54, 1.807) is 19.1 Å². The van der Waals surface area contributed by atoms with Crippen LogP contribution in [0.1, 0.15) is 29.8 Å². The van der Waals surface area contributed by atoms with Crippen LogP contribution in [0, 0.1) is 0 Å². The molecule has 4 nitrogen and oxygen atoms in total. The van der Waals surface area contributed by atoms with E-state index in [1.807, 2.05) is 13.0 Å². The highest BCUT2D eigenvalue weighted by Gasteiger charge is 2.15. The summed E-state index contributed by atoms with van der Waals surface area (Å²) in [5.74, 6) is -0.643. The molecule has 0 aliphatic heterocycles. The van der Waals surface area contributed by atoms with Crippen molar-refractivity contribution in [3.05, 3.63) is 45.8 Å². The molecule has 0 N–H and O–H groups in total. The minimum atomic E-state index is -0.643. The van der Waals surface area contributed by atoms with Gasteiger partial charge in [-0.3, -0.25) is 4.79 Å². The lowest BCUT2D eigenvalue weighted by molar-refractivity contribution is 0.0522. The normalized spacial score (nSPS) is 10.6. The molecule has 0 atom stereocenters. The van der Waals surface area contributed by atoms with Crippen LogP contribution in [0.3, 0.4) is 0 Å². The van der Waals surface area contributed by atoms with E-state index in [2.05, 4.69) is 0 Å². The first-order valence-electron chi connectivity index (χ1n) is 5.89. The largest absolute Gasteiger partial charge is 0.463 e. The summed E-state index contributed by atoms with van der Waals surface area (Å²) < 4.78 is 10.1. The van der Waals surface area contributed by atoms with Crippen LogP contribution in [0.25, 0.3) is 11.0 Å². The SMILES string of the molecule is CCOC(=O)c1coc2ccc(CC)cc2c1=O. The zero-order valence-electron chi connectivity index (χ0n) is 10.4. The zero-order chi connectivity index (χ0) is 13.1. The summed E-state index contributed by atoms with van der Waals surface area (Å²) in [5, 5.41) is 0.417. The van der Waals surface area contributed by atoms with Crippen LogP contribution in [-0.2, 0) is 11.2 Å². The molecule has 0 saturated heterocycles. The van der Waals surface area contributed by atoms with Crippen molar-refractivity contribution >= 4 is 16.9 Å². The highest BCUT2D eigenvalue weighted by atomic mass is 16.5. The van der Waals surface area contributed by atoms with Crippen LogP contribution in [0.15, 0.2) is 33.7 Å². The molecule has 2 aromatic rings. The average Bonchev–Trinajstić information content (AvgIpc) is 2.39. The summed E-state index contributed by atoms with van der Waals surface area (Å²) >= 11 is 0. The molecular weight excluding hydrogens is 232 g/mol. The van der Waals surface area contributed by atoms with Crippen LogP contribution < -0.4 is 5.43 Å². The van der Waals surface area contributed by atoms with Gasteiger partial charge in [0.1, 0.15) is 17.4 Å². The Morgan fingerprint density at radius 3 is 2.78 bits per heavy atom. The van der Waals surface area contributed by atoms with Gasteiger partial charge >= 0.3 is 5.97 Å². The third kappa shape index (κ3) is 2.14. The van der Waals surface area contributed by atoms with Gasteiger partial charge in [0.25, 0.3) is 0 Å². The molecule has 2 rings (SSSR count). The Labute approximate surface area is 104 Å². The second-order valence-corrected chi connectivity index (χ2v) is 3.88. The van der Waals surface area contributed by atoms with E-state index in [0.29, 0.717) is 11.0 Å². The second-order valence-electron chi connectivity index (χ2n) is 3.88. The van der Waals surface area contributed by atoms with Crippen LogP contribution >= 0.6 is 0 Å². The topological polar surface area (TPSA) is 56.5 Å². The summed E-state index contributed by atoms with van der Waals surface area (Å²) in [6, 6.07) is 5.39. The third-order valence-electron chi connectivity index (χ3n) is 2.74. The number of hydrogen-bond acceptors (Lipinski definition) is 4. The molecule has 1 aromatic carbocycles. The van der Waals surface area contributed by atoms with Crippen LogP contribution in [0.5, 0.6) is 0 Å². The Morgan fingerprint density at radius 1 is 1.33 bits per heavy atom. The molecule has 0 bridgehead atoms. The molecule has 4 heteroatoms. The lowest BCUT2D eigenvalue weighted by Gasteiger charge is -2.03. The standard InChI is InChI=1S/C14H14O4/c1-3-9-5-6-12-10(7-9)13(15)11(8-18-12)14(16)17-4-2/h5-8H,3-4H2,1-2H3. The molecule has 0 spiro atoms. The van der Waals surface area contributed by atoms with E-state index in [4.69, 9.17) is 9.15 Å². The van der Waals surface area contributed by atoms with Crippen molar-refractivity contribution in [1.82, 2.24) is 0 Å². The number of carbonyl (C=O) groups excluding carboxylic acids is 1. The number of carbonyl (C=O) groups is 1. The number of esters is 1. The second kappa shape index (κ2) is 5.04. The number of fused-ring (bicyclic) bond motifs is 1. The van der Waals surface area contributed by atoms with Crippen molar-refractivity contribution in [2.75, 3.05) is 6.61 Å². The number of ether oxygens (including phenoxy) is 1. The zero-order valence-corrected chi connectivity index (χ0v) is 10.4. The molecular formula is C14H14O4. The highest BCUT2D eigenvalue weighted by molar-refractivity contribution is 5.92. The lowest BCUT2D eigenvalue weighted by atomic mass is 10.1. The Balaban J connectivity index is 2.62. The minimum Gasteiger partial charge on any atom is -0.463 e. The fourth-order valence-corrected chi connectivity index (χ4v) is 1.75. The summed E-state index contributed by atoms with van der Waals surface area (Å²) in [4.78, 5) is 23.7. The third-order valence-corrected chi connectivity index (χ3v) is 2.74. The van der Waals surface area contributed by atoms with Crippen molar-refractivity contribution in [2.45, 2.75) is 20.3 Å². The predicted molar refractivity (Wildman–Crippen MR) is 67.8 cm³/mol. The van der Waals surface area contributed by atoms with Crippen LogP contribution in [0.4, 0.5) is 0 Å². The molecule has 0 aliphatic rings. The van der Waals surface area contributed by atoms with Gasteiger partial charge in [0, 0.05) is 0 Å². The fraction of sp³-hybridized carbons (Fsp3) is 0.286. The van der Waals surface area contributed by atoms with E-state index in [1.165, 1.54) is 0 Å². The minimum absolute atomic E-state index is 0.0578. The number of benzene rings is 1. The monoisotopic (exact) mass is 246 g/mol. The molecule has 0 radical (unpaired) electrons. The lowest BCUT2D eigenvalue weighted by Crippen LogP contribution is -2.17. The highest BCUT2D eigenvalue weighted by Crippen LogP contribution is 2.14. The van der Waals surface area contributed by atoms with Crippen LogP contribution in [-0.4, -0.2) is 12.6 Å². The average molecular weight is 246 g/mol. The van der Waals surface area contributed by atoms with Gasteiger partial charge < -0.3 is 9.15 Å². The fourth-order valence-electron chi connectivity index (χ4n) is 1.75. The Kier molecular flexibility index (Phi) is 3.46. The predicted octanol–water partition coefficient (Wildman–Crippen LogP) is 2.53. The van der Waals surface area contributed by atoms with E-state index < -0.39 is 5.97 Å². The van der Waals surface area contributed by atoms with E-state index in [-0.39, 0.29) is 17.6 Å². The van der Waals surface area contributed by atoms with E-state index in [0.717, 1.165) is 18.2 Å². The molecule has 1 aromatic heterocycles. The summed E-state index contributed by atoms with van der Waals surface area (Å²) in [5.41, 5.74) is 1.10. The molecule has 0 unspecified atom stereocenters. The molecule has 18 heavy (non-hydrogen) atoms. The molecule has 0 amide bonds. The van der Waals surface area contributed by atoms with E-state index >= 15 is 0 Å². The molecule has 0 fully saturated rings. The molecule has 1 heterocycles. The maximum Gasteiger partial charge on any atom is 0.345 e. The quantitative estimate of drug-likeness (QED) is 0.781. The maximum absolute atomic E-state index is 12.2. The molecule has 0 saturated carbocycles. The van der Waals surface area contributed by atoms with Gasteiger partial charge in [0.2, 0.25) is 5.43 Å². The van der Waals surface area contributed by atoms with Gasteiger partial charge in [0.15, 0.2) is 0 Å². The molecule has 94 valence electrons. The van der Waals surface area contributed by atoms with Crippen molar-refractivity contribution in [3.8, 4) is 0 Å². The van der Waals surface area contributed by atoms with Crippen molar-refractivity contribution in [2.24, 2.45) is 0 Å². The first-order chi connectivity index (χ1) is 8.67. The van der Waals surface area contributed by atoms with Gasteiger partial charge in [-0.15, -0.1) is 0 Å². The van der Waals surface area contributed by atoms with Gasteiger partial charge in [-0.25, -0.2) is 4.79 Å². The number of hydrogen-bond donors (Lipinski definition) is 0. The van der Waals surface area contributed by atoms with Crippen LogP contribution in [0.2, 0.25) is 0 Å². The Bertz CT molecular complexity index is 640.